The van der Waals surface area contributed by atoms with Crippen LogP contribution in [0, 0.1) is 0 Å². The Morgan fingerprint density at radius 2 is 2.19 bits per heavy atom. The largest absolute Gasteiger partial charge is 0.465 e. The van der Waals surface area contributed by atoms with Crippen molar-refractivity contribution in [1.29, 1.82) is 0 Å². The maximum Gasteiger partial charge on any atom is 0.435 e. The molecule has 0 saturated carbocycles. The topological polar surface area (TPSA) is 59.7 Å². The second-order valence-electron chi connectivity index (χ2n) is 2.91. The van der Waals surface area contributed by atoms with E-state index in [1.807, 2.05) is 0 Å². The minimum Gasteiger partial charge on any atom is -0.465 e. The summed E-state index contributed by atoms with van der Waals surface area (Å²) >= 11 is 0. The summed E-state index contributed by atoms with van der Waals surface area (Å²) < 4.78 is 46.5. The van der Waals surface area contributed by atoms with Crippen molar-refractivity contribution in [2.45, 2.75) is 18.7 Å². The minimum atomic E-state index is -5.21. The van der Waals surface area contributed by atoms with E-state index in [0.29, 0.717) is 0 Å². The van der Waals surface area contributed by atoms with E-state index in [1.165, 1.54) is 6.92 Å². The highest BCUT2D eigenvalue weighted by molar-refractivity contribution is 5.81. The zero-order valence-corrected chi connectivity index (χ0v) is 8.25. The lowest BCUT2D eigenvalue weighted by Crippen LogP contribution is -2.49. The van der Waals surface area contributed by atoms with Crippen LogP contribution in [0.2, 0.25) is 0 Å². The van der Waals surface area contributed by atoms with Crippen LogP contribution in [0.3, 0.4) is 0 Å². The zero-order chi connectivity index (χ0) is 12.4. The fourth-order valence-electron chi connectivity index (χ4n) is 1.08. The van der Waals surface area contributed by atoms with Crippen LogP contribution in [0.5, 0.6) is 0 Å². The first kappa shape index (κ1) is 12.6. The van der Waals surface area contributed by atoms with Crippen molar-refractivity contribution in [3.63, 3.8) is 0 Å². The van der Waals surface area contributed by atoms with Gasteiger partial charge in [-0.05, 0) is 19.1 Å². The number of carbonyl (C=O) groups is 1. The van der Waals surface area contributed by atoms with E-state index in [0.717, 1.165) is 18.4 Å². The molecule has 0 spiro atoms. The monoisotopic (exact) mass is 238 g/mol. The molecule has 0 amide bonds. The summed E-state index contributed by atoms with van der Waals surface area (Å²) in [5.74, 6) is -2.73. The second kappa shape index (κ2) is 4.17. The van der Waals surface area contributed by atoms with Gasteiger partial charge >= 0.3 is 17.7 Å². The van der Waals surface area contributed by atoms with Crippen molar-refractivity contribution >= 4 is 5.97 Å². The lowest BCUT2D eigenvalue weighted by atomic mass is 10.0. The first-order valence-corrected chi connectivity index (χ1v) is 4.34. The third kappa shape index (κ3) is 1.90. The molecule has 1 aromatic rings. The summed E-state index contributed by atoms with van der Waals surface area (Å²) in [6.07, 6.45) is -4.29. The summed E-state index contributed by atoms with van der Waals surface area (Å²) in [6, 6.07) is 1.98. The molecule has 0 fully saturated rings. The molecule has 0 aromatic carbocycles. The molecule has 1 N–H and O–H groups in total. The molecular formula is C9H9F3O4. The van der Waals surface area contributed by atoms with Gasteiger partial charge in [-0.1, -0.05) is 0 Å². The van der Waals surface area contributed by atoms with E-state index < -0.39 is 23.5 Å². The molecule has 0 aliphatic carbocycles. The highest BCUT2D eigenvalue weighted by Gasteiger charge is 2.64. The number of aliphatic hydroxyl groups is 1. The van der Waals surface area contributed by atoms with E-state index >= 15 is 0 Å². The summed E-state index contributed by atoms with van der Waals surface area (Å²) in [7, 11) is 0. The van der Waals surface area contributed by atoms with E-state index in [2.05, 4.69) is 9.15 Å². The number of rotatable bonds is 3. The summed E-state index contributed by atoms with van der Waals surface area (Å²) in [5.41, 5.74) is -3.76. The van der Waals surface area contributed by atoms with E-state index in [4.69, 9.17) is 0 Å². The Morgan fingerprint density at radius 3 is 2.56 bits per heavy atom. The van der Waals surface area contributed by atoms with Crippen LogP contribution < -0.4 is 0 Å². The number of hydrogen-bond donors (Lipinski definition) is 1. The van der Waals surface area contributed by atoms with E-state index in [9.17, 15) is 23.1 Å². The van der Waals surface area contributed by atoms with Crippen LogP contribution >= 0.6 is 0 Å². The Balaban J connectivity index is 3.19. The van der Waals surface area contributed by atoms with Gasteiger partial charge in [-0.15, -0.1) is 0 Å². The molecule has 4 nitrogen and oxygen atoms in total. The van der Waals surface area contributed by atoms with Crippen LogP contribution in [-0.4, -0.2) is 23.9 Å². The summed E-state index contributed by atoms with van der Waals surface area (Å²) in [6.45, 7) is 1.05. The first-order valence-electron chi connectivity index (χ1n) is 4.34. The molecule has 1 atom stereocenters. The standard InChI is InChI=1S/C9H9F3O4/c1-2-15-7(13)8(14,9(10,11)12)6-4-3-5-16-6/h3-5,14H,2H2,1H3/t8-/m0/s1. The Labute approximate surface area is 88.6 Å². The highest BCUT2D eigenvalue weighted by atomic mass is 19.4. The molecule has 90 valence electrons. The number of ether oxygens (including phenoxy) is 1. The molecule has 0 aliphatic heterocycles. The summed E-state index contributed by atoms with van der Waals surface area (Å²) in [4.78, 5) is 11.2. The van der Waals surface area contributed by atoms with Crippen molar-refractivity contribution < 1.29 is 32.2 Å². The molecule has 0 unspecified atom stereocenters. The Kier molecular flexibility index (Phi) is 3.27. The molecule has 1 heterocycles. The SMILES string of the molecule is CCOC(=O)[C@@](O)(c1ccco1)C(F)(F)F. The van der Waals surface area contributed by atoms with Crippen molar-refractivity contribution in [1.82, 2.24) is 0 Å². The van der Waals surface area contributed by atoms with Crippen LogP contribution in [0.15, 0.2) is 22.8 Å². The third-order valence-electron chi connectivity index (χ3n) is 1.86. The van der Waals surface area contributed by atoms with Crippen LogP contribution in [-0.2, 0) is 15.1 Å². The predicted molar refractivity (Wildman–Crippen MR) is 45.3 cm³/mol. The number of esters is 1. The number of hydrogen-bond acceptors (Lipinski definition) is 4. The molecule has 0 bridgehead atoms. The van der Waals surface area contributed by atoms with Crippen molar-refractivity contribution in [2.24, 2.45) is 0 Å². The van der Waals surface area contributed by atoms with Crippen LogP contribution in [0.25, 0.3) is 0 Å². The highest BCUT2D eigenvalue weighted by Crippen LogP contribution is 2.40. The average molecular weight is 238 g/mol. The maximum atomic E-state index is 12.6. The number of carbonyl (C=O) groups excluding carboxylic acids is 1. The van der Waals surface area contributed by atoms with E-state index in [1.54, 1.807) is 0 Å². The van der Waals surface area contributed by atoms with Crippen LogP contribution in [0.4, 0.5) is 13.2 Å². The Morgan fingerprint density at radius 1 is 1.56 bits per heavy atom. The first-order chi connectivity index (χ1) is 7.34. The van der Waals surface area contributed by atoms with E-state index in [-0.39, 0.29) is 6.61 Å². The van der Waals surface area contributed by atoms with Gasteiger partial charge in [-0.2, -0.15) is 13.2 Å². The van der Waals surface area contributed by atoms with Gasteiger partial charge in [-0.3, -0.25) is 0 Å². The normalized spacial score (nSPS) is 15.6. The van der Waals surface area contributed by atoms with Crippen molar-refractivity contribution in [3.8, 4) is 0 Å². The van der Waals surface area contributed by atoms with Gasteiger partial charge in [0.1, 0.15) is 0 Å². The predicted octanol–water partition coefficient (Wildman–Crippen LogP) is 1.59. The van der Waals surface area contributed by atoms with Gasteiger partial charge in [-0.25, -0.2) is 4.79 Å². The molecule has 0 radical (unpaired) electrons. The fraction of sp³-hybridized carbons (Fsp3) is 0.444. The fourth-order valence-corrected chi connectivity index (χ4v) is 1.08. The lowest BCUT2D eigenvalue weighted by Gasteiger charge is -2.25. The van der Waals surface area contributed by atoms with Crippen molar-refractivity contribution in [2.75, 3.05) is 6.61 Å². The quantitative estimate of drug-likeness (QED) is 0.812. The van der Waals surface area contributed by atoms with Gasteiger partial charge in [0.15, 0.2) is 5.76 Å². The lowest BCUT2D eigenvalue weighted by molar-refractivity contribution is -0.272. The van der Waals surface area contributed by atoms with Gasteiger partial charge in [0.25, 0.3) is 0 Å². The van der Waals surface area contributed by atoms with Gasteiger partial charge < -0.3 is 14.3 Å². The molecule has 0 aliphatic rings. The Bertz CT molecular complexity index is 357. The van der Waals surface area contributed by atoms with Gasteiger partial charge in [0.2, 0.25) is 0 Å². The smallest absolute Gasteiger partial charge is 0.435 e. The van der Waals surface area contributed by atoms with Crippen LogP contribution in [0.1, 0.15) is 12.7 Å². The molecule has 0 saturated heterocycles. The Hall–Kier alpha value is -1.50. The van der Waals surface area contributed by atoms with Gasteiger partial charge in [0, 0.05) is 0 Å². The number of halogens is 3. The average Bonchev–Trinajstić information content (AvgIpc) is 2.67. The maximum absolute atomic E-state index is 12.6. The second-order valence-corrected chi connectivity index (χ2v) is 2.91. The molecule has 1 aromatic heterocycles. The zero-order valence-electron chi connectivity index (χ0n) is 8.25. The van der Waals surface area contributed by atoms with Gasteiger partial charge in [0.05, 0.1) is 12.9 Å². The number of alkyl halides is 3. The summed E-state index contributed by atoms with van der Waals surface area (Å²) in [5, 5.41) is 9.41. The molecule has 16 heavy (non-hydrogen) atoms. The van der Waals surface area contributed by atoms with Crippen molar-refractivity contribution in [3.05, 3.63) is 24.2 Å². The minimum absolute atomic E-state index is 0.280. The molecular weight excluding hydrogens is 229 g/mol. The molecule has 1 rings (SSSR count). The molecule has 7 heteroatoms. The third-order valence-corrected chi connectivity index (χ3v) is 1.86. The number of furan rings is 1.